The summed E-state index contributed by atoms with van der Waals surface area (Å²) in [5, 5.41) is 15.0. The molecule has 0 radical (unpaired) electrons. The summed E-state index contributed by atoms with van der Waals surface area (Å²) in [5.41, 5.74) is 3.43. The Balaban J connectivity index is 1.55. The molecule has 162 valence electrons. The van der Waals surface area contributed by atoms with Crippen LogP contribution in [0.3, 0.4) is 0 Å². The summed E-state index contributed by atoms with van der Waals surface area (Å²) in [5.74, 6) is 1.24. The van der Waals surface area contributed by atoms with E-state index in [-0.39, 0.29) is 5.91 Å². The third-order valence-electron chi connectivity index (χ3n) is 5.61. The number of aromatic nitrogens is 3. The Kier molecular flexibility index (Phi) is 7.25. The lowest BCUT2D eigenvalue weighted by Crippen LogP contribution is -2.37. The van der Waals surface area contributed by atoms with Gasteiger partial charge in [-0.15, -0.1) is 28.1 Å². The van der Waals surface area contributed by atoms with Crippen LogP contribution in [-0.2, 0) is 11.3 Å². The molecule has 2 heterocycles. The van der Waals surface area contributed by atoms with Gasteiger partial charge in [-0.1, -0.05) is 67.4 Å². The lowest BCUT2D eigenvalue weighted by atomic mass is 9.95. The first-order valence-corrected chi connectivity index (χ1v) is 12.6. The summed E-state index contributed by atoms with van der Waals surface area (Å²) in [6.45, 7) is 6.64. The molecule has 0 unspecified atom stereocenters. The number of hydrogen-bond acceptors (Lipinski definition) is 5. The standard InChI is InChI=1S/C24H28N4OS2/c1-3-14-28-23(20-15-30-17(2)22(20)18-10-6-4-7-11-18)26-27-24(28)31-16-21(29)25-19-12-8-5-9-13-19/h3-4,6-7,10-11,15,19H,1,5,8-9,12-14,16H2,2H3,(H,25,29). The van der Waals surface area contributed by atoms with Crippen LogP contribution in [0.2, 0.25) is 0 Å². The van der Waals surface area contributed by atoms with E-state index in [1.54, 1.807) is 11.3 Å². The average Bonchev–Trinajstić information content (AvgIpc) is 3.37. The molecule has 1 amide bonds. The molecular weight excluding hydrogens is 424 g/mol. The van der Waals surface area contributed by atoms with Gasteiger partial charge >= 0.3 is 0 Å². The summed E-state index contributed by atoms with van der Waals surface area (Å²) in [6, 6.07) is 10.7. The minimum absolute atomic E-state index is 0.0722. The molecule has 0 saturated heterocycles. The molecule has 31 heavy (non-hydrogen) atoms. The summed E-state index contributed by atoms with van der Waals surface area (Å²) in [4.78, 5) is 13.7. The zero-order valence-electron chi connectivity index (χ0n) is 17.8. The number of nitrogens with zero attached hydrogens (tertiary/aromatic N) is 3. The van der Waals surface area contributed by atoms with Crippen molar-refractivity contribution in [3.8, 4) is 22.5 Å². The molecule has 1 saturated carbocycles. The van der Waals surface area contributed by atoms with Gasteiger partial charge < -0.3 is 5.32 Å². The van der Waals surface area contributed by atoms with Gasteiger partial charge in [0.15, 0.2) is 11.0 Å². The summed E-state index contributed by atoms with van der Waals surface area (Å²) in [7, 11) is 0. The van der Waals surface area contributed by atoms with E-state index in [0.29, 0.717) is 18.3 Å². The first-order chi connectivity index (χ1) is 15.2. The van der Waals surface area contributed by atoms with Crippen molar-refractivity contribution in [1.82, 2.24) is 20.1 Å². The predicted octanol–water partition coefficient (Wildman–Crippen LogP) is 5.71. The number of carbonyl (C=O) groups excluding carboxylic acids is 1. The molecule has 0 atom stereocenters. The second-order valence-electron chi connectivity index (χ2n) is 7.84. The molecule has 2 aromatic heterocycles. The zero-order valence-corrected chi connectivity index (χ0v) is 19.5. The number of amides is 1. The van der Waals surface area contributed by atoms with Crippen molar-refractivity contribution in [2.24, 2.45) is 0 Å². The van der Waals surface area contributed by atoms with Crippen LogP contribution in [0, 0.1) is 6.92 Å². The van der Waals surface area contributed by atoms with Gasteiger partial charge in [-0.3, -0.25) is 9.36 Å². The first-order valence-electron chi connectivity index (χ1n) is 10.8. The van der Waals surface area contributed by atoms with Gasteiger partial charge in [0.25, 0.3) is 0 Å². The van der Waals surface area contributed by atoms with E-state index < -0.39 is 0 Å². The van der Waals surface area contributed by atoms with Gasteiger partial charge in [-0.05, 0) is 25.3 Å². The molecule has 3 aromatic rings. The molecule has 1 aliphatic rings. The van der Waals surface area contributed by atoms with Crippen molar-refractivity contribution >= 4 is 29.0 Å². The van der Waals surface area contributed by atoms with Crippen LogP contribution in [0.15, 0.2) is 53.5 Å². The molecule has 0 spiro atoms. The van der Waals surface area contributed by atoms with Crippen molar-refractivity contribution in [2.45, 2.75) is 56.8 Å². The van der Waals surface area contributed by atoms with E-state index in [0.717, 1.165) is 29.4 Å². The molecule has 1 N–H and O–H groups in total. The van der Waals surface area contributed by atoms with Crippen molar-refractivity contribution in [2.75, 3.05) is 5.75 Å². The van der Waals surface area contributed by atoms with Gasteiger partial charge in [0.05, 0.1) is 5.75 Å². The van der Waals surface area contributed by atoms with E-state index in [4.69, 9.17) is 0 Å². The van der Waals surface area contributed by atoms with Gasteiger partial charge in [-0.2, -0.15) is 0 Å². The predicted molar refractivity (Wildman–Crippen MR) is 129 cm³/mol. The molecule has 1 aromatic carbocycles. The highest BCUT2D eigenvalue weighted by atomic mass is 32.2. The van der Waals surface area contributed by atoms with Crippen molar-refractivity contribution in [3.05, 3.63) is 53.2 Å². The number of hydrogen-bond donors (Lipinski definition) is 1. The highest BCUT2D eigenvalue weighted by molar-refractivity contribution is 7.99. The third-order valence-corrected chi connectivity index (χ3v) is 7.49. The fourth-order valence-electron chi connectivity index (χ4n) is 4.12. The second kappa shape index (κ2) is 10.3. The molecule has 4 rings (SSSR count). The summed E-state index contributed by atoms with van der Waals surface area (Å²) >= 11 is 3.16. The molecule has 7 heteroatoms. The molecule has 0 bridgehead atoms. The monoisotopic (exact) mass is 452 g/mol. The lowest BCUT2D eigenvalue weighted by molar-refractivity contribution is -0.119. The Hall–Kier alpha value is -2.38. The fraction of sp³-hybridized carbons (Fsp3) is 0.375. The van der Waals surface area contributed by atoms with Crippen LogP contribution in [0.25, 0.3) is 22.5 Å². The minimum Gasteiger partial charge on any atom is -0.353 e. The van der Waals surface area contributed by atoms with Crippen molar-refractivity contribution in [1.29, 1.82) is 0 Å². The Labute approximate surface area is 192 Å². The maximum atomic E-state index is 12.5. The van der Waals surface area contributed by atoms with Crippen LogP contribution in [0.1, 0.15) is 37.0 Å². The number of benzene rings is 1. The molecule has 1 aliphatic carbocycles. The maximum absolute atomic E-state index is 12.5. The van der Waals surface area contributed by atoms with E-state index in [9.17, 15) is 4.79 Å². The molecule has 0 aliphatic heterocycles. The first kappa shape index (κ1) is 21.8. The molecule has 5 nitrogen and oxygen atoms in total. The smallest absolute Gasteiger partial charge is 0.230 e. The number of nitrogens with one attached hydrogen (secondary N) is 1. The summed E-state index contributed by atoms with van der Waals surface area (Å²) < 4.78 is 2.06. The second-order valence-corrected chi connectivity index (χ2v) is 9.87. The lowest BCUT2D eigenvalue weighted by Gasteiger charge is -2.22. The summed E-state index contributed by atoms with van der Waals surface area (Å²) in [6.07, 6.45) is 7.72. The molecule has 1 fully saturated rings. The highest BCUT2D eigenvalue weighted by Crippen LogP contribution is 2.39. The van der Waals surface area contributed by atoms with Gasteiger partial charge in [0.1, 0.15) is 0 Å². The topological polar surface area (TPSA) is 59.8 Å². The third kappa shape index (κ3) is 5.10. The number of aryl methyl sites for hydroxylation is 1. The average molecular weight is 453 g/mol. The van der Waals surface area contributed by atoms with E-state index in [2.05, 4.69) is 63.2 Å². The molecular formula is C24H28N4OS2. The number of allylic oxidation sites excluding steroid dienone is 1. The zero-order chi connectivity index (χ0) is 21.6. The van der Waals surface area contributed by atoms with E-state index in [1.807, 2.05) is 12.1 Å². The van der Waals surface area contributed by atoms with Crippen LogP contribution >= 0.6 is 23.1 Å². The van der Waals surface area contributed by atoms with Crippen molar-refractivity contribution in [3.63, 3.8) is 0 Å². The number of thioether (sulfide) groups is 1. The fourth-order valence-corrected chi connectivity index (χ4v) is 5.74. The SMILES string of the molecule is C=CCn1c(SCC(=O)NC2CCCCC2)nnc1-c1csc(C)c1-c1ccccc1. The van der Waals surface area contributed by atoms with Crippen LogP contribution in [0.4, 0.5) is 0 Å². The van der Waals surface area contributed by atoms with Gasteiger partial charge in [0.2, 0.25) is 5.91 Å². The Bertz CT molecular complexity index is 1040. The Morgan fingerprint density at radius 2 is 2.03 bits per heavy atom. The quantitative estimate of drug-likeness (QED) is 0.351. The van der Waals surface area contributed by atoms with Crippen LogP contribution < -0.4 is 5.32 Å². The Morgan fingerprint density at radius 1 is 1.26 bits per heavy atom. The Morgan fingerprint density at radius 3 is 2.77 bits per heavy atom. The van der Waals surface area contributed by atoms with Gasteiger partial charge in [0, 0.05) is 34.0 Å². The van der Waals surface area contributed by atoms with E-state index >= 15 is 0 Å². The van der Waals surface area contributed by atoms with Crippen LogP contribution in [-0.4, -0.2) is 32.5 Å². The number of rotatable bonds is 8. The van der Waals surface area contributed by atoms with Crippen LogP contribution in [0.5, 0.6) is 0 Å². The largest absolute Gasteiger partial charge is 0.353 e. The highest BCUT2D eigenvalue weighted by Gasteiger charge is 2.21. The maximum Gasteiger partial charge on any atom is 0.230 e. The van der Waals surface area contributed by atoms with E-state index in [1.165, 1.54) is 47.0 Å². The number of carbonyl (C=O) groups is 1. The number of thiophene rings is 1. The van der Waals surface area contributed by atoms with Crippen molar-refractivity contribution < 1.29 is 4.79 Å². The minimum atomic E-state index is 0.0722. The van der Waals surface area contributed by atoms with Gasteiger partial charge in [-0.25, -0.2) is 0 Å². The normalized spacial score (nSPS) is 14.5.